The van der Waals surface area contributed by atoms with E-state index in [1.165, 1.54) is 0 Å². The number of rotatable bonds is 2. The lowest BCUT2D eigenvalue weighted by atomic mass is 10.1. The predicted molar refractivity (Wildman–Crippen MR) is 82.5 cm³/mol. The van der Waals surface area contributed by atoms with Gasteiger partial charge in [-0.25, -0.2) is 0 Å². The fourth-order valence-electron chi connectivity index (χ4n) is 2.24. The normalized spacial score (nSPS) is 12.2. The van der Waals surface area contributed by atoms with Gasteiger partial charge in [-0.2, -0.15) is 5.26 Å². The van der Waals surface area contributed by atoms with E-state index in [4.69, 9.17) is 10.00 Å². The van der Waals surface area contributed by atoms with Crippen LogP contribution in [0.4, 0.5) is 5.69 Å². The summed E-state index contributed by atoms with van der Waals surface area (Å²) in [5, 5.41) is 11.9. The molecule has 0 aliphatic carbocycles. The molecule has 1 N–H and O–H groups in total. The summed E-state index contributed by atoms with van der Waals surface area (Å²) in [6.07, 6.45) is 0.816. The minimum atomic E-state index is -0.237. The van der Waals surface area contributed by atoms with Gasteiger partial charge in [0.05, 0.1) is 17.9 Å². The lowest BCUT2D eigenvalue weighted by Gasteiger charge is -2.08. The third kappa shape index (κ3) is 2.76. The zero-order valence-corrected chi connectivity index (χ0v) is 12.6. The Hall–Kier alpha value is -2.32. The van der Waals surface area contributed by atoms with Crippen LogP contribution < -0.4 is 10.1 Å². The number of halogens is 1. The Balaban J connectivity index is 1.87. The van der Waals surface area contributed by atoms with E-state index in [1.54, 1.807) is 24.3 Å². The van der Waals surface area contributed by atoms with Gasteiger partial charge in [0.25, 0.3) is 5.91 Å². The quantitative estimate of drug-likeness (QED) is 0.908. The van der Waals surface area contributed by atoms with E-state index in [9.17, 15) is 4.79 Å². The molecule has 1 aliphatic rings. The van der Waals surface area contributed by atoms with Gasteiger partial charge in [-0.3, -0.25) is 4.79 Å². The molecular formula is C16H11BrN2O2. The van der Waals surface area contributed by atoms with Crippen LogP contribution in [0.15, 0.2) is 40.9 Å². The van der Waals surface area contributed by atoms with Gasteiger partial charge in [0.1, 0.15) is 11.8 Å². The standard InChI is InChI=1S/C16H11BrN2O2/c17-13-3-1-12(9-18)14(8-13)19-16(20)11-2-4-15-10(7-11)5-6-21-15/h1-4,7-8H,5-6H2,(H,19,20). The van der Waals surface area contributed by atoms with Gasteiger partial charge in [0.15, 0.2) is 0 Å². The fourth-order valence-corrected chi connectivity index (χ4v) is 2.60. The summed E-state index contributed by atoms with van der Waals surface area (Å²) in [6.45, 7) is 0.657. The Morgan fingerprint density at radius 2 is 2.14 bits per heavy atom. The van der Waals surface area contributed by atoms with E-state index in [-0.39, 0.29) is 5.91 Å². The monoisotopic (exact) mass is 342 g/mol. The minimum absolute atomic E-state index is 0.237. The van der Waals surface area contributed by atoms with Crippen molar-refractivity contribution in [3.63, 3.8) is 0 Å². The first kappa shape index (κ1) is 13.7. The predicted octanol–water partition coefficient (Wildman–Crippen LogP) is 3.51. The lowest BCUT2D eigenvalue weighted by Crippen LogP contribution is -2.13. The first-order valence-corrected chi connectivity index (χ1v) is 7.23. The number of nitrogens with zero attached hydrogens (tertiary/aromatic N) is 1. The summed E-state index contributed by atoms with van der Waals surface area (Å²) in [4.78, 5) is 12.3. The summed E-state index contributed by atoms with van der Waals surface area (Å²) in [7, 11) is 0. The van der Waals surface area contributed by atoms with Crippen molar-refractivity contribution in [3.05, 3.63) is 57.6 Å². The van der Waals surface area contributed by atoms with Crippen molar-refractivity contribution in [2.45, 2.75) is 6.42 Å². The number of hydrogen-bond acceptors (Lipinski definition) is 3. The molecule has 21 heavy (non-hydrogen) atoms. The summed E-state index contributed by atoms with van der Waals surface area (Å²) in [5.74, 6) is 0.603. The van der Waals surface area contributed by atoms with E-state index in [0.29, 0.717) is 23.4 Å². The number of carbonyl (C=O) groups is 1. The molecule has 0 atom stereocenters. The molecule has 2 aromatic rings. The van der Waals surface area contributed by atoms with Gasteiger partial charge in [-0.05, 0) is 42.0 Å². The molecular weight excluding hydrogens is 332 g/mol. The topological polar surface area (TPSA) is 62.1 Å². The van der Waals surface area contributed by atoms with Crippen molar-refractivity contribution >= 4 is 27.5 Å². The maximum absolute atomic E-state index is 12.3. The van der Waals surface area contributed by atoms with Gasteiger partial charge in [-0.15, -0.1) is 0 Å². The highest BCUT2D eigenvalue weighted by atomic mass is 79.9. The number of hydrogen-bond donors (Lipinski definition) is 1. The van der Waals surface area contributed by atoms with Gasteiger partial charge in [0.2, 0.25) is 0 Å². The summed E-state index contributed by atoms with van der Waals surface area (Å²) in [5.41, 5.74) is 2.52. The fraction of sp³-hybridized carbons (Fsp3) is 0.125. The Bertz CT molecular complexity index is 765. The molecule has 0 radical (unpaired) electrons. The molecule has 0 bridgehead atoms. The van der Waals surface area contributed by atoms with Crippen LogP contribution in [-0.2, 0) is 6.42 Å². The van der Waals surface area contributed by atoms with E-state index in [0.717, 1.165) is 22.2 Å². The molecule has 104 valence electrons. The molecule has 1 amide bonds. The number of benzene rings is 2. The maximum Gasteiger partial charge on any atom is 0.255 e. The zero-order chi connectivity index (χ0) is 14.8. The Morgan fingerprint density at radius 1 is 1.29 bits per heavy atom. The third-order valence-electron chi connectivity index (χ3n) is 3.30. The highest BCUT2D eigenvalue weighted by Gasteiger charge is 2.16. The Morgan fingerprint density at radius 3 is 2.95 bits per heavy atom. The van der Waals surface area contributed by atoms with Crippen molar-refractivity contribution in [2.24, 2.45) is 0 Å². The van der Waals surface area contributed by atoms with Gasteiger partial charge < -0.3 is 10.1 Å². The van der Waals surface area contributed by atoms with Crippen molar-refractivity contribution in [2.75, 3.05) is 11.9 Å². The number of nitriles is 1. The number of anilines is 1. The smallest absolute Gasteiger partial charge is 0.255 e. The number of carbonyl (C=O) groups excluding carboxylic acids is 1. The van der Waals surface area contributed by atoms with E-state index < -0.39 is 0 Å². The van der Waals surface area contributed by atoms with Crippen molar-refractivity contribution in [1.82, 2.24) is 0 Å². The molecule has 3 rings (SSSR count). The molecule has 0 saturated carbocycles. The molecule has 0 aromatic heterocycles. The summed E-state index contributed by atoms with van der Waals surface area (Å²) in [6, 6.07) is 12.6. The van der Waals surface area contributed by atoms with Crippen LogP contribution >= 0.6 is 15.9 Å². The minimum Gasteiger partial charge on any atom is -0.493 e. The molecule has 0 unspecified atom stereocenters. The van der Waals surface area contributed by atoms with Crippen molar-refractivity contribution < 1.29 is 9.53 Å². The average molecular weight is 343 g/mol. The first-order chi connectivity index (χ1) is 10.2. The van der Waals surface area contributed by atoms with Crippen LogP contribution in [0.3, 0.4) is 0 Å². The second kappa shape index (κ2) is 5.58. The van der Waals surface area contributed by atoms with Crippen LogP contribution in [0.5, 0.6) is 5.75 Å². The molecule has 0 fully saturated rings. The summed E-state index contributed by atoms with van der Waals surface area (Å²) >= 11 is 3.34. The average Bonchev–Trinajstić information content (AvgIpc) is 2.94. The van der Waals surface area contributed by atoms with Crippen molar-refractivity contribution in [1.29, 1.82) is 5.26 Å². The maximum atomic E-state index is 12.3. The van der Waals surface area contributed by atoms with Crippen LogP contribution in [0, 0.1) is 11.3 Å². The molecule has 1 heterocycles. The second-order valence-corrected chi connectivity index (χ2v) is 5.59. The molecule has 5 heteroatoms. The van der Waals surface area contributed by atoms with E-state index in [2.05, 4.69) is 27.3 Å². The largest absolute Gasteiger partial charge is 0.493 e. The summed E-state index contributed by atoms with van der Waals surface area (Å²) < 4.78 is 6.23. The van der Waals surface area contributed by atoms with Crippen LogP contribution in [-0.4, -0.2) is 12.5 Å². The molecule has 0 saturated heterocycles. The molecule has 1 aliphatic heterocycles. The molecule has 4 nitrogen and oxygen atoms in total. The Labute approximate surface area is 130 Å². The van der Waals surface area contributed by atoms with Gasteiger partial charge in [0, 0.05) is 16.5 Å². The lowest BCUT2D eigenvalue weighted by molar-refractivity contribution is 0.102. The van der Waals surface area contributed by atoms with Gasteiger partial charge in [-0.1, -0.05) is 15.9 Å². The first-order valence-electron chi connectivity index (χ1n) is 6.44. The number of nitrogens with one attached hydrogen (secondary N) is 1. The van der Waals surface area contributed by atoms with Crippen molar-refractivity contribution in [3.8, 4) is 11.8 Å². The molecule has 2 aromatic carbocycles. The van der Waals surface area contributed by atoms with E-state index >= 15 is 0 Å². The van der Waals surface area contributed by atoms with Crippen LogP contribution in [0.2, 0.25) is 0 Å². The highest BCUT2D eigenvalue weighted by Crippen LogP contribution is 2.27. The number of ether oxygens (including phenoxy) is 1. The third-order valence-corrected chi connectivity index (χ3v) is 3.80. The van der Waals surface area contributed by atoms with Crippen LogP contribution in [0.1, 0.15) is 21.5 Å². The number of fused-ring (bicyclic) bond motifs is 1. The number of amides is 1. The van der Waals surface area contributed by atoms with Crippen LogP contribution in [0.25, 0.3) is 0 Å². The highest BCUT2D eigenvalue weighted by molar-refractivity contribution is 9.10. The zero-order valence-electron chi connectivity index (χ0n) is 11.0. The van der Waals surface area contributed by atoms with Gasteiger partial charge >= 0.3 is 0 Å². The Kier molecular flexibility index (Phi) is 3.63. The molecule has 0 spiro atoms. The van der Waals surface area contributed by atoms with E-state index in [1.807, 2.05) is 12.1 Å². The second-order valence-electron chi connectivity index (χ2n) is 4.68. The SMILES string of the molecule is N#Cc1ccc(Br)cc1NC(=O)c1ccc2c(c1)CCO2.